The van der Waals surface area contributed by atoms with Crippen molar-refractivity contribution in [3.63, 3.8) is 0 Å². The smallest absolute Gasteiger partial charge is 0.221 e. The van der Waals surface area contributed by atoms with Crippen LogP contribution in [-0.4, -0.2) is 13.0 Å². The molecule has 1 aromatic carbocycles. The molecular weight excluding hydrogens is 305 g/mol. The molecule has 1 aromatic rings. The molecule has 0 saturated carbocycles. The van der Waals surface area contributed by atoms with Crippen LogP contribution in [0.25, 0.3) is 5.70 Å². The molecule has 0 atom stereocenters. The third kappa shape index (κ3) is 3.54. The van der Waals surface area contributed by atoms with Gasteiger partial charge in [0.2, 0.25) is 5.91 Å². The first-order valence-electron chi connectivity index (χ1n) is 4.39. The molecule has 0 aliphatic carbocycles. The van der Waals surface area contributed by atoms with E-state index in [0.29, 0.717) is 0 Å². The van der Waals surface area contributed by atoms with E-state index < -0.39 is 0 Å². The molecule has 1 N–H and O–H groups in total. The summed E-state index contributed by atoms with van der Waals surface area (Å²) >= 11 is 2.10. The van der Waals surface area contributed by atoms with E-state index in [-0.39, 0.29) is 5.91 Å². The first kappa shape index (κ1) is 12.0. The predicted molar refractivity (Wildman–Crippen MR) is 68.8 cm³/mol. The third-order valence-corrected chi connectivity index (χ3v) is 2.44. The Morgan fingerprint density at radius 3 is 2.40 bits per heavy atom. The van der Waals surface area contributed by atoms with Crippen LogP contribution in [0.3, 0.4) is 0 Å². The van der Waals surface area contributed by atoms with Crippen LogP contribution in [0, 0.1) is 0 Å². The lowest BCUT2D eigenvalue weighted by atomic mass is 10.1. The molecule has 4 heteroatoms. The van der Waals surface area contributed by atoms with E-state index in [1.165, 1.54) is 6.92 Å². The number of ether oxygens (including phenoxy) is 1. The van der Waals surface area contributed by atoms with E-state index in [1.54, 1.807) is 7.11 Å². The molecule has 1 amide bonds. The summed E-state index contributed by atoms with van der Waals surface area (Å²) in [5, 5.41) is 2.76. The molecule has 0 aromatic heterocycles. The lowest BCUT2D eigenvalue weighted by Gasteiger charge is -2.07. The Morgan fingerprint density at radius 1 is 1.40 bits per heavy atom. The fraction of sp³-hybridized carbons (Fsp3) is 0.182. The zero-order valence-electron chi connectivity index (χ0n) is 8.58. The Kier molecular flexibility index (Phi) is 4.61. The molecule has 3 nitrogen and oxygen atoms in total. The van der Waals surface area contributed by atoms with Crippen molar-refractivity contribution < 1.29 is 9.53 Å². The highest BCUT2D eigenvalue weighted by Crippen LogP contribution is 2.17. The van der Waals surface area contributed by atoms with Crippen molar-refractivity contribution in [1.82, 2.24) is 5.32 Å². The summed E-state index contributed by atoms with van der Waals surface area (Å²) in [6.45, 7) is 1.49. The van der Waals surface area contributed by atoms with Gasteiger partial charge in [-0.2, -0.15) is 0 Å². The minimum Gasteiger partial charge on any atom is -0.497 e. The van der Waals surface area contributed by atoms with Crippen molar-refractivity contribution in [3.05, 3.63) is 33.9 Å². The number of carbonyl (C=O) groups excluding carboxylic acids is 1. The maximum absolute atomic E-state index is 10.9. The number of nitrogens with one attached hydrogen (secondary N) is 1. The van der Waals surface area contributed by atoms with Crippen LogP contribution in [0.5, 0.6) is 5.75 Å². The molecule has 0 saturated heterocycles. The average molecular weight is 317 g/mol. The summed E-state index contributed by atoms with van der Waals surface area (Å²) in [6.07, 6.45) is 0. The summed E-state index contributed by atoms with van der Waals surface area (Å²) in [5.41, 5.74) is 1.76. The van der Waals surface area contributed by atoms with Crippen molar-refractivity contribution >= 4 is 34.2 Å². The zero-order chi connectivity index (χ0) is 11.3. The van der Waals surface area contributed by atoms with Gasteiger partial charge in [0.25, 0.3) is 0 Å². The van der Waals surface area contributed by atoms with E-state index in [1.807, 2.05) is 28.3 Å². The van der Waals surface area contributed by atoms with Gasteiger partial charge < -0.3 is 10.1 Å². The van der Waals surface area contributed by atoms with E-state index >= 15 is 0 Å². The fourth-order valence-corrected chi connectivity index (χ4v) is 1.64. The number of halogens is 1. The van der Waals surface area contributed by atoms with Crippen molar-refractivity contribution in [2.45, 2.75) is 6.92 Å². The van der Waals surface area contributed by atoms with Gasteiger partial charge in [-0.25, -0.2) is 0 Å². The Hall–Kier alpha value is -1.04. The lowest BCUT2D eigenvalue weighted by molar-refractivity contribution is -0.117. The largest absolute Gasteiger partial charge is 0.497 e. The number of benzene rings is 1. The van der Waals surface area contributed by atoms with Gasteiger partial charge in [-0.1, -0.05) is 22.6 Å². The molecule has 0 aliphatic rings. The summed E-state index contributed by atoms with van der Waals surface area (Å²) in [4.78, 5) is 10.9. The fourth-order valence-electron chi connectivity index (χ4n) is 1.12. The van der Waals surface area contributed by atoms with Crippen LogP contribution in [0.2, 0.25) is 0 Å². The van der Waals surface area contributed by atoms with Gasteiger partial charge in [-0.3, -0.25) is 4.79 Å². The monoisotopic (exact) mass is 317 g/mol. The van der Waals surface area contributed by atoms with Crippen LogP contribution >= 0.6 is 22.6 Å². The summed E-state index contributed by atoms with van der Waals surface area (Å²) in [5.74, 6) is 0.725. The minimum atomic E-state index is -0.0752. The minimum absolute atomic E-state index is 0.0752. The number of methoxy groups -OCH3 is 1. The van der Waals surface area contributed by atoms with Gasteiger partial charge in [0.05, 0.1) is 12.8 Å². The molecular formula is C11H12INO2. The van der Waals surface area contributed by atoms with Gasteiger partial charge in [0.1, 0.15) is 5.75 Å². The second kappa shape index (κ2) is 5.75. The van der Waals surface area contributed by atoms with Crippen molar-refractivity contribution in [3.8, 4) is 5.75 Å². The van der Waals surface area contributed by atoms with E-state index in [9.17, 15) is 4.79 Å². The Balaban J connectivity index is 2.89. The van der Waals surface area contributed by atoms with Gasteiger partial charge in [0, 0.05) is 11.0 Å². The topological polar surface area (TPSA) is 38.3 Å². The quantitative estimate of drug-likeness (QED) is 0.870. The van der Waals surface area contributed by atoms with Crippen LogP contribution in [0.1, 0.15) is 12.5 Å². The first-order valence-corrected chi connectivity index (χ1v) is 5.64. The standard InChI is InChI=1S/C11H12INO2/c1-8(14)13-11(7-12)9-3-5-10(15-2)6-4-9/h3-7H,1-2H3,(H,13,14)/b11-7+. The van der Waals surface area contributed by atoms with Crippen molar-refractivity contribution in [2.24, 2.45) is 0 Å². The van der Waals surface area contributed by atoms with E-state index in [2.05, 4.69) is 27.9 Å². The van der Waals surface area contributed by atoms with Crippen LogP contribution in [0.4, 0.5) is 0 Å². The average Bonchev–Trinajstić information content (AvgIpc) is 2.26. The van der Waals surface area contributed by atoms with Gasteiger partial charge >= 0.3 is 0 Å². The highest BCUT2D eigenvalue weighted by atomic mass is 127. The van der Waals surface area contributed by atoms with Crippen molar-refractivity contribution in [2.75, 3.05) is 7.11 Å². The maximum atomic E-state index is 10.9. The number of hydrogen-bond donors (Lipinski definition) is 1. The lowest BCUT2D eigenvalue weighted by Crippen LogP contribution is -2.17. The normalized spacial score (nSPS) is 11.0. The zero-order valence-corrected chi connectivity index (χ0v) is 10.7. The molecule has 0 spiro atoms. The van der Waals surface area contributed by atoms with E-state index in [4.69, 9.17) is 4.74 Å². The molecule has 0 fully saturated rings. The second-order valence-corrected chi connectivity index (χ2v) is 3.56. The summed E-state index contributed by atoms with van der Waals surface area (Å²) in [6, 6.07) is 7.52. The third-order valence-electron chi connectivity index (χ3n) is 1.82. The molecule has 80 valence electrons. The summed E-state index contributed by atoms with van der Waals surface area (Å²) < 4.78 is 6.89. The molecule has 0 aliphatic heterocycles. The number of carbonyl (C=O) groups is 1. The molecule has 15 heavy (non-hydrogen) atoms. The van der Waals surface area contributed by atoms with E-state index in [0.717, 1.165) is 17.0 Å². The Morgan fingerprint density at radius 2 is 2.00 bits per heavy atom. The molecule has 0 radical (unpaired) electrons. The van der Waals surface area contributed by atoms with Gasteiger partial charge in [0.15, 0.2) is 0 Å². The predicted octanol–water partition coefficient (Wildman–Crippen LogP) is 2.56. The molecule has 0 bridgehead atoms. The Bertz CT molecular complexity index is 371. The highest BCUT2D eigenvalue weighted by Gasteiger charge is 2.02. The van der Waals surface area contributed by atoms with Crippen molar-refractivity contribution in [1.29, 1.82) is 0 Å². The Labute approximate surface area is 103 Å². The van der Waals surface area contributed by atoms with Crippen LogP contribution in [0.15, 0.2) is 28.3 Å². The SMILES string of the molecule is COc1ccc(/C(=C\I)NC(C)=O)cc1. The van der Waals surface area contributed by atoms with Gasteiger partial charge in [-0.05, 0) is 29.8 Å². The molecule has 0 heterocycles. The maximum Gasteiger partial charge on any atom is 0.221 e. The highest BCUT2D eigenvalue weighted by molar-refractivity contribution is 14.1. The molecule has 0 unspecified atom stereocenters. The van der Waals surface area contributed by atoms with Crippen LogP contribution < -0.4 is 10.1 Å². The first-order chi connectivity index (χ1) is 7.17. The second-order valence-electron chi connectivity index (χ2n) is 2.93. The van der Waals surface area contributed by atoms with Crippen LogP contribution in [-0.2, 0) is 4.79 Å². The number of rotatable bonds is 3. The number of amides is 1. The number of hydrogen-bond acceptors (Lipinski definition) is 2. The molecule has 1 rings (SSSR count). The van der Waals surface area contributed by atoms with Gasteiger partial charge in [-0.15, -0.1) is 0 Å². The summed E-state index contributed by atoms with van der Waals surface area (Å²) in [7, 11) is 1.62.